The fourth-order valence-corrected chi connectivity index (χ4v) is 2.87. The first-order chi connectivity index (χ1) is 11.6. The molecule has 0 heterocycles. The molecule has 1 unspecified atom stereocenters. The van der Waals surface area contributed by atoms with E-state index < -0.39 is 0 Å². The highest BCUT2D eigenvalue weighted by Gasteiger charge is 2.12. The normalized spacial score (nSPS) is 11.8. The van der Waals surface area contributed by atoms with E-state index in [1.165, 1.54) is 0 Å². The minimum Gasteiger partial charge on any atom is -0.497 e. The summed E-state index contributed by atoms with van der Waals surface area (Å²) in [6.45, 7) is 0.483. The van der Waals surface area contributed by atoms with Gasteiger partial charge >= 0.3 is 0 Å². The summed E-state index contributed by atoms with van der Waals surface area (Å²) in [6, 6.07) is 15.4. The van der Waals surface area contributed by atoms with Gasteiger partial charge in [-0.1, -0.05) is 46.3 Å². The molecule has 1 amide bonds. The SMILES string of the molecule is COc1ccc(CC(=O)NCC(CO)Cc2ccccc2Br)cc1. The van der Waals surface area contributed by atoms with E-state index in [0.717, 1.165) is 21.3 Å². The molecule has 2 aromatic rings. The Morgan fingerprint density at radius 3 is 2.54 bits per heavy atom. The molecule has 0 bridgehead atoms. The van der Waals surface area contributed by atoms with Gasteiger partial charge in [0.1, 0.15) is 5.75 Å². The Morgan fingerprint density at radius 2 is 1.92 bits per heavy atom. The Labute approximate surface area is 151 Å². The summed E-state index contributed by atoms with van der Waals surface area (Å²) in [7, 11) is 1.61. The summed E-state index contributed by atoms with van der Waals surface area (Å²) in [4.78, 5) is 12.1. The third-order valence-electron chi connectivity index (χ3n) is 3.84. The van der Waals surface area contributed by atoms with Gasteiger partial charge < -0.3 is 15.2 Å². The van der Waals surface area contributed by atoms with Crippen molar-refractivity contribution in [3.05, 3.63) is 64.1 Å². The lowest BCUT2D eigenvalue weighted by Gasteiger charge is -2.16. The predicted octanol–water partition coefficient (Wildman–Crippen LogP) is 2.97. The molecule has 5 heteroatoms. The van der Waals surface area contributed by atoms with Crippen LogP contribution in [0.2, 0.25) is 0 Å². The van der Waals surface area contributed by atoms with Crippen LogP contribution < -0.4 is 10.1 Å². The Balaban J connectivity index is 1.83. The molecule has 0 saturated carbocycles. The summed E-state index contributed by atoms with van der Waals surface area (Å²) in [6.07, 6.45) is 1.03. The molecule has 0 aliphatic heterocycles. The van der Waals surface area contributed by atoms with Gasteiger partial charge in [-0.25, -0.2) is 0 Å². The minimum atomic E-state index is -0.0502. The number of aliphatic hydroxyl groups is 1. The third kappa shape index (κ3) is 5.65. The number of ether oxygens (including phenoxy) is 1. The molecule has 0 fully saturated rings. The number of hydrogen-bond donors (Lipinski definition) is 2. The summed E-state index contributed by atoms with van der Waals surface area (Å²) >= 11 is 3.51. The Bertz CT molecular complexity index is 658. The number of benzene rings is 2. The van der Waals surface area contributed by atoms with Gasteiger partial charge in [-0.2, -0.15) is 0 Å². The van der Waals surface area contributed by atoms with E-state index in [-0.39, 0.29) is 18.4 Å². The Kier molecular flexibility index (Phi) is 7.28. The molecule has 0 aliphatic rings. The van der Waals surface area contributed by atoms with Crippen LogP contribution in [0.4, 0.5) is 0 Å². The van der Waals surface area contributed by atoms with Gasteiger partial charge in [-0.15, -0.1) is 0 Å². The maximum atomic E-state index is 12.1. The van der Waals surface area contributed by atoms with Gasteiger partial charge in [0.25, 0.3) is 0 Å². The average molecular weight is 392 g/mol. The van der Waals surface area contributed by atoms with E-state index in [4.69, 9.17) is 4.74 Å². The van der Waals surface area contributed by atoms with E-state index in [1.807, 2.05) is 48.5 Å². The van der Waals surface area contributed by atoms with Crippen LogP contribution in [-0.2, 0) is 17.6 Å². The highest BCUT2D eigenvalue weighted by atomic mass is 79.9. The van der Waals surface area contributed by atoms with Crippen molar-refractivity contribution in [3.63, 3.8) is 0 Å². The zero-order valence-corrected chi connectivity index (χ0v) is 15.3. The van der Waals surface area contributed by atoms with Crippen LogP contribution in [0.3, 0.4) is 0 Å². The lowest BCUT2D eigenvalue weighted by Crippen LogP contribution is -2.32. The molecule has 0 aliphatic carbocycles. The molecular weight excluding hydrogens is 370 g/mol. The molecule has 1 atom stereocenters. The highest BCUT2D eigenvalue weighted by Crippen LogP contribution is 2.19. The number of carbonyl (C=O) groups excluding carboxylic acids is 1. The zero-order valence-electron chi connectivity index (χ0n) is 13.7. The molecule has 2 N–H and O–H groups in total. The van der Waals surface area contributed by atoms with E-state index in [2.05, 4.69) is 21.2 Å². The molecule has 0 aromatic heterocycles. The maximum Gasteiger partial charge on any atom is 0.224 e. The molecule has 0 saturated heterocycles. The van der Waals surface area contributed by atoms with Crippen LogP contribution >= 0.6 is 15.9 Å². The van der Waals surface area contributed by atoms with Gasteiger partial charge in [0.15, 0.2) is 0 Å². The van der Waals surface area contributed by atoms with Crippen LogP contribution in [0.1, 0.15) is 11.1 Å². The lowest BCUT2D eigenvalue weighted by molar-refractivity contribution is -0.120. The molecular formula is C19H22BrNO3. The van der Waals surface area contributed by atoms with E-state index >= 15 is 0 Å². The summed E-state index contributed by atoms with van der Waals surface area (Å²) in [5, 5.41) is 12.5. The quantitative estimate of drug-likeness (QED) is 0.726. The second kappa shape index (κ2) is 9.45. The first-order valence-corrected chi connectivity index (χ1v) is 8.65. The molecule has 0 spiro atoms. The summed E-state index contributed by atoms with van der Waals surface area (Å²) < 4.78 is 6.12. The number of rotatable bonds is 8. The highest BCUT2D eigenvalue weighted by molar-refractivity contribution is 9.10. The van der Waals surface area contributed by atoms with Gasteiger partial charge in [0.2, 0.25) is 5.91 Å². The smallest absolute Gasteiger partial charge is 0.224 e. The standard InChI is InChI=1S/C19H22BrNO3/c1-24-17-8-6-14(7-9-17)11-19(23)21-12-15(13-22)10-16-4-2-3-5-18(16)20/h2-9,15,22H,10-13H2,1H3,(H,21,23). The second-order valence-electron chi connectivity index (χ2n) is 5.67. The summed E-state index contributed by atoms with van der Waals surface area (Å²) in [5.41, 5.74) is 2.06. The number of hydrogen-bond acceptors (Lipinski definition) is 3. The number of amides is 1. The number of carbonyl (C=O) groups is 1. The number of nitrogens with one attached hydrogen (secondary N) is 1. The number of aliphatic hydroxyl groups excluding tert-OH is 1. The zero-order chi connectivity index (χ0) is 17.4. The van der Waals surface area contributed by atoms with Crippen molar-refractivity contribution in [1.29, 1.82) is 0 Å². The fourth-order valence-electron chi connectivity index (χ4n) is 2.43. The van der Waals surface area contributed by atoms with Gasteiger partial charge in [0.05, 0.1) is 13.5 Å². The minimum absolute atomic E-state index is 0.0106. The molecule has 2 rings (SSSR count). The predicted molar refractivity (Wildman–Crippen MR) is 98.1 cm³/mol. The first kappa shape index (κ1) is 18.5. The first-order valence-electron chi connectivity index (χ1n) is 7.86. The van der Waals surface area contributed by atoms with Crippen LogP contribution in [-0.4, -0.2) is 31.3 Å². The molecule has 4 nitrogen and oxygen atoms in total. The number of methoxy groups -OCH3 is 1. The van der Waals surface area contributed by atoms with E-state index in [0.29, 0.717) is 19.4 Å². The monoisotopic (exact) mass is 391 g/mol. The van der Waals surface area contributed by atoms with Crippen molar-refractivity contribution in [2.75, 3.05) is 20.3 Å². The van der Waals surface area contributed by atoms with Crippen LogP contribution in [0.15, 0.2) is 53.0 Å². The van der Waals surface area contributed by atoms with Crippen molar-refractivity contribution in [3.8, 4) is 5.75 Å². The second-order valence-corrected chi connectivity index (χ2v) is 6.53. The molecule has 128 valence electrons. The topological polar surface area (TPSA) is 58.6 Å². The van der Waals surface area contributed by atoms with E-state index in [1.54, 1.807) is 7.11 Å². The van der Waals surface area contributed by atoms with Crippen molar-refractivity contribution in [2.45, 2.75) is 12.8 Å². The van der Waals surface area contributed by atoms with Crippen molar-refractivity contribution in [1.82, 2.24) is 5.32 Å². The van der Waals surface area contributed by atoms with Crippen molar-refractivity contribution >= 4 is 21.8 Å². The van der Waals surface area contributed by atoms with Crippen molar-refractivity contribution in [2.24, 2.45) is 5.92 Å². The largest absolute Gasteiger partial charge is 0.497 e. The Hall–Kier alpha value is -1.85. The van der Waals surface area contributed by atoms with Crippen molar-refractivity contribution < 1.29 is 14.6 Å². The fraction of sp³-hybridized carbons (Fsp3) is 0.316. The van der Waals surface area contributed by atoms with Gasteiger partial charge in [0, 0.05) is 23.5 Å². The van der Waals surface area contributed by atoms with Crippen LogP contribution in [0, 0.1) is 5.92 Å². The number of halogens is 1. The van der Waals surface area contributed by atoms with Gasteiger partial charge in [-0.3, -0.25) is 4.79 Å². The van der Waals surface area contributed by atoms with Gasteiger partial charge in [-0.05, 0) is 35.7 Å². The lowest BCUT2D eigenvalue weighted by atomic mass is 10.00. The van der Waals surface area contributed by atoms with Crippen LogP contribution in [0.5, 0.6) is 5.75 Å². The third-order valence-corrected chi connectivity index (χ3v) is 4.61. The molecule has 2 aromatic carbocycles. The molecule has 0 radical (unpaired) electrons. The molecule has 24 heavy (non-hydrogen) atoms. The maximum absolute atomic E-state index is 12.1. The Morgan fingerprint density at radius 1 is 1.21 bits per heavy atom. The summed E-state index contributed by atoms with van der Waals surface area (Å²) in [5.74, 6) is 0.710. The van der Waals surface area contributed by atoms with E-state index in [9.17, 15) is 9.90 Å². The van der Waals surface area contributed by atoms with Crippen LogP contribution in [0.25, 0.3) is 0 Å². The average Bonchev–Trinajstić information content (AvgIpc) is 2.60.